The van der Waals surface area contributed by atoms with Crippen molar-refractivity contribution in [2.24, 2.45) is 0 Å². The average molecular weight is 332 g/mol. The molecule has 0 radical (unpaired) electrons. The number of nitrogens with one attached hydrogen (secondary N) is 1. The van der Waals surface area contributed by atoms with Gasteiger partial charge in [0, 0.05) is 17.2 Å². The first-order valence-corrected chi connectivity index (χ1v) is 7.29. The van der Waals surface area contributed by atoms with E-state index >= 15 is 0 Å². The van der Waals surface area contributed by atoms with E-state index in [0.717, 1.165) is 0 Å². The van der Waals surface area contributed by atoms with Crippen LogP contribution in [0, 0.1) is 22.9 Å². The molecule has 0 aromatic heterocycles. The minimum Gasteiger partial charge on any atom is -0.386 e. The lowest BCUT2D eigenvalue weighted by Gasteiger charge is -2.21. The molecule has 0 bridgehead atoms. The molecule has 0 fully saturated rings. The Hall–Kier alpha value is -2.80. The average Bonchev–Trinajstić information content (AvgIpc) is 2.54. The molecule has 126 valence electrons. The topological polar surface area (TPSA) is 92.5 Å². The van der Waals surface area contributed by atoms with Gasteiger partial charge in [0.2, 0.25) is 0 Å². The molecule has 6 nitrogen and oxygen atoms in total. The van der Waals surface area contributed by atoms with E-state index in [0.29, 0.717) is 5.56 Å². The first kappa shape index (κ1) is 17.6. The summed E-state index contributed by atoms with van der Waals surface area (Å²) in [5, 5.41) is 23.8. The van der Waals surface area contributed by atoms with E-state index in [1.54, 1.807) is 6.92 Å². The molecule has 0 aliphatic rings. The molecule has 0 aliphatic carbocycles. The fourth-order valence-corrected chi connectivity index (χ4v) is 2.38. The van der Waals surface area contributed by atoms with Gasteiger partial charge in [-0.15, -0.1) is 0 Å². The number of nitro groups is 1. The van der Waals surface area contributed by atoms with Crippen LogP contribution < -0.4 is 5.32 Å². The zero-order valence-corrected chi connectivity index (χ0v) is 13.2. The summed E-state index contributed by atoms with van der Waals surface area (Å²) in [4.78, 5) is 22.7. The van der Waals surface area contributed by atoms with E-state index in [1.807, 2.05) is 0 Å². The van der Waals surface area contributed by atoms with Crippen molar-refractivity contribution in [3.63, 3.8) is 0 Å². The van der Waals surface area contributed by atoms with Gasteiger partial charge in [0.1, 0.15) is 5.82 Å². The zero-order chi connectivity index (χ0) is 17.9. The third-order valence-corrected chi connectivity index (χ3v) is 3.79. The Balaban J connectivity index is 2.15. The first-order chi connectivity index (χ1) is 11.3. The lowest BCUT2D eigenvalue weighted by molar-refractivity contribution is -0.385. The van der Waals surface area contributed by atoms with Crippen LogP contribution in [-0.2, 0) is 0 Å². The van der Waals surface area contributed by atoms with Gasteiger partial charge in [0.15, 0.2) is 0 Å². The van der Waals surface area contributed by atoms with Gasteiger partial charge < -0.3 is 10.4 Å². The Morgan fingerprint density at radius 3 is 2.46 bits per heavy atom. The number of rotatable bonds is 5. The van der Waals surface area contributed by atoms with E-state index in [9.17, 15) is 24.4 Å². The number of hydrogen-bond acceptors (Lipinski definition) is 4. The molecule has 2 atom stereocenters. The third-order valence-electron chi connectivity index (χ3n) is 3.79. The number of aliphatic hydroxyl groups is 1. The minimum atomic E-state index is -1.03. The maximum atomic E-state index is 12.9. The summed E-state index contributed by atoms with van der Waals surface area (Å²) in [6, 6.07) is 8.87. The maximum absolute atomic E-state index is 12.9. The van der Waals surface area contributed by atoms with Crippen molar-refractivity contribution in [1.82, 2.24) is 5.32 Å². The van der Waals surface area contributed by atoms with Crippen LogP contribution >= 0.6 is 0 Å². The quantitative estimate of drug-likeness (QED) is 0.650. The molecule has 2 unspecified atom stereocenters. The number of nitro benzene ring substituents is 1. The number of carbonyl (C=O) groups is 1. The van der Waals surface area contributed by atoms with Gasteiger partial charge >= 0.3 is 0 Å². The van der Waals surface area contributed by atoms with Crippen LogP contribution in [0.15, 0.2) is 42.5 Å². The number of benzene rings is 2. The molecule has 7 heteroatoms. The molecule has 0 saturated heterocycles. The second kappa shape index (κ2) is 7.18. The molecule has 24 heavy (non-hydrogen) atoms. The van der Waals surface area contributed by atoms with Crippen molar-refractivity contribution in [2.75, 3.05) is 0 Å². The van der Waals surface area contributed by atoms with Crippen molar-refractivity contribution < 1.29 is 19.2 Å². The van der Waals surface area contributed by atoms with Crippen molar-refractivity contribution >= 4 is 11.6 Å². The van der Waals surface area contributed by atoms with E-state index in [-0.39, 0.29) is 16.8 Å². The first-order valence-electron chi connectivity index (χ1n) is 7.29. The SMILES string of the molecule is Cc1c(C(=O)NC(C)C(O)c2ccc(F)cc2)cccc1[N+](=O)[O-]. The lowest BCUT2D eigenvalue weighted by atomic mass is 10.0. The Morgan fingerprint density at radius 2 is 1.88 bits per heavy atom. The summed E-state index contributed by atoms with van der Waals surface area (Å²) in [6.07, 6.45) is -1.03. The highest BCUT2D eigenvalue weighted by Crippen LogP contribution is 2.22. The number of nitrogens with zero attached hydrogens (tertiary/aromatic N) is 1. The van der Waals surface area contributed by atoms with Crippen LogP contribution in [0.3, 0.4) is 0 Å². The number of hydrogen-bond donors (Lipinski definition) is 2. The predicted molar refractivity (Wildman–Crippen MR) is 86.1 cm³/mol. The summed E-state index contributed by atoms with van der Waals surface area (Å²) < 4.78 is 12.9. The predicted octanol–water partition coefficient (Wildman–Crippen LogP) is 2.89. The summed E-state index contributed by atoms with van der Waals surface area (Å²) in [6.45, 7) is 3.09. The molecule has 2 N–H and O–H groups in total. The van der Waals surface area contributed by atoms with Crippen molar-refractivity contribution in [2.45, 2.75) is 26.0 Å². The highest BCUT2D eigenvalue weighted by atomic mass is 19.1. The van der Waals surface area contributed by atoms with Crippen LogP contribution in [0.25, 0.3) is 0 Å². The Kier molecular flexibility index (Phi) is 5.25. The van der Waals surface area contributed by atoms with Crippen molar-refractivity contribution in [1.29, 1.82) is 0 Å². The molecule has 2 aromatic rings. The van der Waals surface area contributed by atoms with Crippen LogP contribution in [0.2, 0.25) is 0 Å². The summed E-state index contributed by atoms with van der Waals surface area (Å²) >= 11 is 0. The zero-order valence-electron chi connectivity index (χ0n) is 13.2. The maximum Gasteiger partial charge on any atom is 0.273 e. The molecular formula is C17H17FN2O4. The van der Waals surface area contributed by atoms with E-state index in [2.05, 4.69) is 5.32 Å². The largest absolute Gasteiger partial charge is 0.386 e. The van der Waals surface area contributed by atoms with Crippen LogP contribution in [0.4, 0.5) is 10.1 Å². The summed E-state index contributed by atoms with van der Waals surface area (Å²) in [5.41, 5.74) is 0.736. The smallest absolute Gasteiger partial charge is 0.273 e. The molecule has 0 aliphatic heterocycles. The number of carbonyl (C=O) groups excluding carboxylic acids is 1. The van der Waals surface area contributed by atoms with Gasteiger partial charge in [-0.3, -0.25) is 14.9 Å². The Bertz CT molecular complexity index is 762. The molecule has 0 heterocycles. The van der Waals surface area contributed by atoms with Crippen LogP contribution in [0.5, 0.6) is 0 Å². The monoisotopic (exact) mass is 332 g/mol. The van der Waals surface area contributed by atoms with Crippen LogP contribution in [-0.4, -0.2) is 22.0 Å². The number of amides is 1. The molecule has 1 amide bonds. The van der Waals surface area contributed by atoms with E-state index in [4.69, 9.17) is 0 Å². The molecule has 0 spiro atoms. The Labute approximate surface area is 138 Å². The standard InChI is InChI=1S/C17H17FN2O4/c1-10-14(4-3-5-15(10)20(23)24)17(22)19-11(2)16(21)12-6-8-13(18)9-7-12/h3-9,11,16,21H,1-2H3,(H,19,22). The highest BCUT2D eigenvalue weighted by molar-refractivity contribution is 5.96. The molecule has 0 saturated carbocycles. The fourth-order valence-electron chi connectivity index (χ4n) is 2.38. The number of halogens is 1. The van der Waals surface area contributed by atoms with Crippen molar-refractivity contribution in [3.05, 3.63) is 75.1 Å². The second-order valence-electron chi connectivity index (χ2n) is 5.47. The second-order valence-corrected chi connectivity index (χ2v) is 5.47. The van der Waals surface area contributed by atoms with E-state index < -0.39 is 28.8 Å². The van der Waals surface area contributed by atoms with Gasteiger partial charge in [-0.25, -0.2) is 4.39 Å². The number of aliphatic hydroxyl groups excluding tert-OH is 1. The van der Waals surface area contributed by atoms with Gasteiger partial charge in [0.05, 0.1) is 17.1 Å². The van der Waals surface area contributed by atoms with E-state index in [1.165, 1.54) is 49.4 Å². The van der Waals surface area contributed by atoms with Crippen LogP contribution in [0.1, 0.15) is 34.5 Å². The highest BCUT2D eigenvalue weighted by Gasteiger charge is 2.22. The Morgan fingerprint density at radius 1 is 1.25 bits per heavy atom. The van der Waals surface area contributed by atoms with Gasteiger partial charge in [-0.05, 0) is 37.6 Å². The lowest BCUT2D eigenvalue weighted by Crippen LogP contribution is -2.37. The minimum absolute atomic E-state index is 0.144. The molecular weight excluding hydrogens is 315 g/mol. The normalized spacial score (nSPS) is 13.2. The van der Waals surface area contributed by atoms with Gasteiger partial charge in [-0.2, -0.15) is 0 Å². The van der Waals surface area contributed by atoms with Crippen molar-refractivity contribution in [3.8, 4) is 0 Å². The summed E-state index contributed by atoms with van der Waals surface area (Å²) in [5.74, 6) is -0.945. The third kappa shape index (κ3) is 3.75. The molecule has 2 rings (SSSR count). The fraction of sp³-hybridized carbons (Fsp3) is 0.235. The molecule has 2 aromatic carbocycles. The van der Waals surface area contributed by atoms with Gasteiger partial charge in [0.25, 0.3) is 11.6 Å². The van der Waals surface area contributed by atoms with Gasteiger partial charge in [-0.1, -0.05) is 18.2 Å². The summed E-state index contributed by atoms with van der Waals surface area (Å²) in [7, 11) is 0.